The van der Waals surface area contributed by atoms with E-state index in [2.05, 4.69) is 11.0 Å². The van der Waals surface area contributed by atoms with Gasteiger partial charge in [0.15, 0.2) is 6.54 Å². The van der Waals surface area contributed by atoms with E-state index in [0.29, 0.717) is 38.4 Å². The van der Waals surface area contributed by atoms with Crippen LogP contribution in [-0.4, -0.2) is 69.7 Å². The molecule has 0 radical (unpaired) electrons. The lowest BCUT2D eigenvalue weighted by Crippen LogP contribution is -3.16. The van der Waals surface area contributed by atoms with E-state index >= 15 is 0 Å². The second-order valence-electron chi connectivity index (χ2n) is 7.71. The fourth-order valence-electron chi connectivity index (χ4n) is 4.16. The number of benzene rings is 2. The van der Waals surface area contributed by atoms with Crippen molar-refractivity contribution >= 4 is 28.9 Å². The van der Waals surface area contributed by atoms with Crippen LogP contribution in [0.3, 0.4) is 0 Å². The number of hydrogen-bond donors (Lipinski definition) is 1. The Kier molecular flexibility index (Phi) is 6.21. The molecule has 0 bridgehead atoms. The molecule has 2 heterocycles. The number of para-hydroxylation sites is 1. The Labute approximate surface area is 176 Å². The highest BCUT2D eigenvalue weighted by Gasteiger charge is 2.27. The molecule has 2 fully saturated rings. The van der Waals surface area contributed by atoms with E-state index in [4.69, 9.17) is 11.6 Å². The van der Waals surface area contributed by atoms with E-state index in [1.807, 2.05) is 34.1 Å². The Balaban J connectivity index is 1.24. The van der Waals surface area contributed by atoms with Gasteiger partial charge >= 0.3 is 0 Å². The highest BCUT2D eigenvalue weighted by molar-refractivity contribution is 6.30. The normalized spacial score (nSPS) is 18.2. The van der Waals surface area contributed by atoms with Gasteiger partial charge in [-0.1, -0.05) is 29.8 Å². The van der Waals surface area contributed by atoms with Gasteiger partial charge in [0.1, 0.15) is 5.82 Å². The zero-order valence-corrected chi connectivity index (χ0v) is 17.2. The molecule has 0 unspecified atom stereocenters. The van der Waals surface area contributed by atoms with Crippen LogP contribution in [-0.2, 0) is 4.79 Å². The van der Waals surface area contributed by atoms with Crippen LogP contribution in [0, 0.1) is 5.82 Å². The third-order valence-electron chi connectivity index (χ3n) is 5.87. The molecule has 4 rings (SSSR count). The second-order valence-corrected chi connectivity index (χ2v) is 8.15. The summed E-state index contributed by atoms with van der Waals surface area (Å²) in [4.78, 5) is 20.4. The van der Waals surface area contributed by atoms with Crippen LogP contribution in [0.2, 0.25) is 5.02 Å². The third kappa shape index (κ3) is 4.82. The van der Waals surface area contributed by atoms with Crippen molar-refractivity contribution in [2.45, 2.75) is 0 Å². The van der Waals surface area contributed by atoms with E-state index in [0.717, 1.165) is 36.9 Å². The Morgan fingerprint density at radius 3 is 2.34 bits per heavy atom. The monoisotopic (exact) mass is 417 g/mol. The van der Waals surface area contributed by atoms with Gasteiger partial charge in [0, 0.05) is 36.9 Å². The Bertz CT molecular complexity index is 848. The summed E-state index contributed by atoms with van der Waals surface area (Å²) in [5, 5.41) is 0.752. The van der Waals surface area contributed by atoms with Crippen LogP contribution in [0.15, 0.2) is 48.5 Å². The van der Waals surface area contributed by atoms with E-state index in [-0.39, 0.29) is 11.7 Å². The Hall–Kier alpha value is -2.31. The second kappa shape index (κ2) is 9.01. The smallest absolute Gasteiger partial charge is 0.277 e. The largest absolute Gasteiger partial charge is 0.366 e. The molecule has 5 nitrogen and oxygen atoms in total. The first-order chi connectivity index (χ1) is 14.1. The van der Waals surface area contributed by atoms with Crippen molar-refractivity contribution < 1.29 is 14.1 Å². The van der Waals surface area contributed by atoms with Crippen molar-refractivity contribution in [3.05, 3.63) is 59.4 Å². The van der Waals surface area contributed by atoms with Gasteiger partial charge in [-0.05, 0) is 30.3 Å². The predicted molar refractivity (Wildman–Crippen MR) is 114 cm³/mol. The number of halogens is 2. The molecule has 2 saturated heterocycles. The number of anilines is 2. The molecule has 2 aliphatic heterocycles. The van der Waals surface area contributed by atoms with Gasteiger partial charge in [0.2, 0.25) is 0 Å². The van der Waals surface area contributed by atoms with Crippen LogP contribution in [0.4, 0.5) is 15.8 Å². The maximum atomic E-state index is 14.0. The average molecular weight is 418 g/mol. The summed E-state index contributed by atoms with van der Waals surface area (Å²) in [7, 11) is 0. The van der Waals surface area contributed by atoms with Gasteiger partial charge in [0.05, 0.1) is 31.9 Å². The molecule has 0 spiro atoms. The van der Waals surface area contributed by atoms with Gasteiger partial charge in [0.25, 0.3) is 5.91 Å². The number of hydrogen-bond acceptors (Lipinski definition) is 3. The van der Waals surface area contributed by atoms with E-state index in [1.54, 1.807) is 12.1 Å². The number of carbonyl (C=O) groups excluding carboxylic acids is 1. The van der Waals surface area contributed by atoms with E-state index in [9.17, 15) is 9.18 Å². The minimum absolute atomic E-state index is 0.199. The molecule has 1 N–H and O–H groups in total. The average Bonchev–Trinajstić information content (AvgIpc) is 2.75. The van der Waals surface area contributed by atoms with Crippen LogP contribution in [0.25, 0.3) is 0 Å². The van der Waals surface area contributed by atoms with Crippen LogP contribution >= 0.6 is 11.6 Å². The van der Waals surface area contributed by atoms with Crippen molar-refractivity contribution in [1.29, 1.82) is 0 Å². The fraction of sp³-hybridized carbons (Fsp3) is 0.409. The lowest BCUT2D eigenvalue weighted by molar-refractivity contribution is -0.892. The first-order valence-electron chi connectivity index (χ1n) is 10.2. The summed E-state index contributed by atoms with van der Waals surface area (Å²) >= 11 is 6.10. The minimum Gasteiger partial charge on any atom is -0.366 e. The topological polar surface area (TPSA) is 31.2 Å². The van der Waals surface area contributed by atoms with Crippen molar-refractivity contribution in [2.24, 2.45) is 0 Å². The first-order valence-corrected chi connectivity index (χ1v) is 10.6. The number of carbonyl (C=O) groups is 1. The van der Waals surface area contributed by atoms with Gasteiger partial charge in [-0.3, -0.25) is 4.79 Å². The number of nitrogens with zero attached hydrogens (tertiary/aromatic N) is 3. The van der Waals surface area contributed by atoms with E-state index in [1.165, 1.54) is 11.0 Å². The highest BCUT2D eigenvalue weighted by Crippen LogP contribution is 2.20. The quantitative estimate of drug-likeness (QED) is 0.818. The first kappa shape index (κ1) is 20.0. The molecule has 0 atom stereocenters. The standard InChI is InChI=1S/C22H26ClFN4O/c23-18-4-3-5-19(16-18)26-10-8-25(9-11-26)17-22(29)28-14-12-27(13-15-28)21-7-2-1-6-20(21)24/h1-7,16H,8-15,17H2/p+1. The molecule has 2 aliphatic rings. The molecule has 7 heteroatoms. The highest BCUT2D eigenvalue weighted by atomic mass is 35.5. The lowest BCUT2D eigenvalue weighted by Gasteiger charge is -2.38. The van der Waals surface area contributed by atoms with Crippen molar-refractivity contribution in [1.82, 2.24) is 4.90 Å². The molecular weight excluding hydrogens is 391 g/mol. The summed E-state index contributed by atoms with van der Waals surface area (Å²) in [6, 6.07) is 14.8. The molecule has 0 saturated carbocycles. The Morgan fingerprint density at radius 1 is 0.931 bits per heavy atom. The fourth-order valence-corrected chi connectivity index (χ4v) is 4.35. The third-order valence-corrected chi connectivity index (χ3v) is 6.11. The predicted octanol–water partition coefficient (Wildman–Crippen LogP) is 1.53. The maximum Gasteiger partial charge on any atom is 0.277 e. The number of nitrogens with one attached hydrogen (secondary N) is 1. The van der Waals surface area contributed by atoms with Gasteiger partial charge in [-0.2, -0.15) is 0 Å². The summed E-state index contributed by atoms with van der Waals surface area (Å²) in [6.45, 7) is 6.89. The van der Waals surface area contributed by atoms with Gasteiger partial charge in [-0.25, -0.2) is 4.39 Å². The Morgan fingerprint density at radius 2 is 1.66 bits per heavy atom. The molecular formula is C22H27ClFN4O+. The molecule has 154 valence electrons. The summed E-state index contributed by atoms with van der Waals surface area (Å²) < 4.78 is 14.0. The summed E-state index contributed by atoms with van der Waals surface area (Å²) in [6.07, 6.45) is 0. The van der Waals surface area contributed by atoms with Crippen molar-refractivity contribution in [2.75, 3.05) is 68.7 Å². The zero-order chi connectivity index (χ0) is 20.2. The van der Waals surface area contributed by atoms with Crippen LogP contribution in [0.1, 0.15) is 0 Å². The number of quaternary nitrogens is 1. The number of piperazine rings is 2. The molecule has 2 aromatic rings. The number of amides is 1. The summed E-state index contributed by atoms with van der Waals surface area (Å²) in [5.74, 6) is -0.00122. The molecule has 0 aromatic heterocycles. The molecule has 1 amide bonds. The van der Waals surface area contributed by atoms with Crippen LogP contribution < -0.4 is 14.7 Å². The SMILES string of the molecule is O=C(C[NH+]1CCN(c2cccc(Cl)c2)CC1)N1CCN(c2ccccc2F)CC1. The lowest BCUT2D eigenvalue weighted by atomic mass is 10.2. The van der Waals surface area contributed by atoms with Crippen LogP contribution in [0.5, 0.6) is 0 Å². The van der Waals surface area contributed by atoms with E-state index < -0.39 is 0 Å². The molecule has 2 aromatic carbocycles. The van der Waals surface area contributed by atoms with Gasteiger partial charge in [-0.15, -0.1) is 0 Å². The molecule has 0 aliphatic carbocycles. The molecule has 29 heavy (non-hydrogen) atoms. The maximum absolute atomic E-state index is 14.0. The zero-order valence-electron chi connectivity index (χ0n) is 16.5. The van der Waals surface area contributed by atoms with Crippen molar-refractivity contribution in [3.8, 4) is 0 Å². The minimum atomic E-state index is -0.200. The van der Waals surface area contributed by atoms with Gasteiger partial charge < -0.3 is 19.6 Å². The summed E-state index contributed by atoms with van der Waals surface area (Å²) in [5.41, 5.74) is 1.77. The van der Waals surface area contributed by atoms with Crippen molar-refractivity contribution in [3.63, 3.8) is 0 Å². The number of rotatable bonds is 4.